The van der Waals surface area contributed by atoms with E-state index in [2.05, 4.69) is 5.32 Å². The predicted octanol–water partition coefficient (Wildman–Crippen LogP) is 2.70. The van der Waals surface area contributed by atoms with Crippen LogP contribution in [0.2, 0.25) is 5.02 Å². The van der Waals surface area contributed by atoms with Crippen LogP contribution in [0.5, 0.6) is 5.75 Å². The van der Waals surface area contributed by atoms with Gasteiger partial charge in [-0.1, -0.05) is 11.6 Å². The molecule has 0 heterocycles. The summed E-state index contributed by atoms with van der Waals surface area (Å²) in [6.07, 6.45) is 3.13. The molecule has 0 saturated heterocycles. The van der Waals surface area contributed by atoms with Crippen molar-refractivity contribution in [2.24, 2.45) is 5.92 Å². The standard InChI is InChI=1S/C11H12ClNO2/c12-10-5-9(13-7-14)3-4-11(10)15-6-8-1-2-8/h3-5,7-8H,1-2,6H2,(H,13,14). The molecule has 1 fully saturated rings. The molecule has 1 aromatic carbocycles. The summed E-state index contributed by atoms with van der Waals surface area (Å²) in [4.78, 5) is 10.2. The number of halogens is 1. The largest absolute Gasteiger partial charge is 0.492 e. The second-order valence-electron chi connectivity index (χ2n) is 3.66. The molecule has 0 aliphatic heterocycles. The molecule has 1 N–H and O–H groups in total. The van der Waals surface area contributed by atoms with Crippen LogP contribution in [-0.2, 0) is 4.79 Å². The highest BCUT2D eigenvalue weighted by Gasteiger charge is 2.22. The lowest BCUT2D eigenvalue weighted by molar-refractivity contribution is -0.105. The second kappa shape index (κ2) is 4.53. The van der Waals surface area contributed by atoms with Crippen molar-refractivity contribution in [3.8, 4) is 5.75 Å². The van der Waals surface area contributed by atoms with E-state index in [4.69, 9.17) is 16.3 Å². The van der Waals surface area contributed by atoms with E-state index >= 15 is 0 Å². The van der Waals surface area contributed by atoms with Gasteiger partial charge in [0.1, 0.15) is 5.75 Å². The van der Waals surface area contributed by atoms with Gasteiger partial charge in [0.15, 0.2) is 0 Å². The molecule has 1 aliphatic carbocycles. The third kappa shape index (κ3) is 2.86. The van der Waals surface area contributed by atoms with Gasteiger partial charge in [-0.3, -0.25) is 4.79 Å². The Hall–Kier alpha value is -1.22. The fourth-order valence-electron chi connectivity index (χ4n) is 1.27. The maximum absolute atomic E-state index is 10.2. The number of hydrogen-bond acceptors (Lipinski definition) is 2. The zero-order chi connectivity index (χ0) is 10.7. The number of benzene rings is 1. The van der Waals surface area contributed by atoms with Gasteiger partial charge in [0, 0.05) is 5.69 Å². The van der Waals surface area contributed by atoms with E-state index in [1.165, 1.54) is 12.8 Å². The lowest BCUT2D eigenvalue weighted by Gasteiger charge is -2.08. The summed E-state index contributed by atoms with van der Waals surface area (Å²) in [6, 6.07) is 5.22. The van der Waals surface area contributed by atoms with Crippen molar-refractivity contribution >= 4 is 23.7 Å². The minimum absolute atomic E-state index is 0.530. The predicted molar refractivity (Wildman–Crippen MR) is 59.4 cm³/mol. The van der Waals surface area contributed by atoms with Gasteiger partial charge in [-0.05, 0) is 37.0 Å². The van der Waals surface area contributed by atoms with Crippen molar-refractivity contribution in [2.45, 2.75) is 12.8 Å². The minimum atomic E-state index is 0.530. The van der Waals surface area contributed by atoms with Crippen molar-refractivity contribution in [1.82, 2.24) is 0 Å². The Balaban J connectivity index is 2.00. The number of anilines is 1. The van der Waals surface area contributed by atoms with Crippen molar-refractivity contribution < 1.29 is 9.53 Å². The van der Waals surface area contributed by atoms with E-state index in [0.29, 0.717) is 28.8 Å². The van der Waals surface area contributed by atoms with Crippen LogP contribution in [0, 0.1) is 5.92 Å². The Morgan fingerprint density at radius 2 is 2.33 bits per heavy atom. The summed E-state index contributed by atoms with van der Waals surface area (Å²) in [5.41, 5.74) is 0.675. The van der Waals surface area contributed by atoms with E-state index in [0.717, 1.165) is 6.61 Å². The molecule has 15 heavy (non-hydrogen) atoms. The summed E-state index contributed by atoms with van der Waals surface area (Å²) in [5.74, 6) is 1.38. The molecule has 3 nitrogen and oxygen atoms in total. The van der Waals surface area contributed by atoms with Gasteiger partial charge < -0.3 is 10.1 Å². The molecule has 2 rings (SSSR count). The van der Waals surface area contributed by atoms with Crippen LogP contribution in [0.15, 0.2) is 18.2 Å². The van der Waals surface area contributed by atoms with Gasteiger partial charge in [-0.2, -0.15) is 0 Å². The lowest BCUT2D eigenvalue weighted by Crippen LogP contribution is -2.00. The average molecular weight is 226 g/mol. The summed E-state index contributed by atoms with van der Waals surface area (Å²) in [5, 5.41) is 3.06. The van der Waals surface area contributed by atoms with Gasteiger partial charge in [-0.15, -0.1) is 0 Å². The molecule has 0 bridgehead atoms. The zero-order valence-electron chi connectivity index (χ0n) is 8.20. The Morgan fingerprint density at radius 1 is 1.53 bits per heavy atom. The minimum Gasteiger partial charge on any atom is -0.492 e. The quantitative estimate of drug-likeness (QED) is 0.783. The van der Waals surface area contributed by atoms with Gasteiger partial charge in [0.2, 0.25) is 6.41 Å². The molecular weight excluding hydrogens is 214 g/mol. The van der Waals surface area contributed by atoms with Crippen LogP contribution in [-0.4, -0.2) is 13.0 Å². The Kier molecular flexibility index (Phi) is 3.11. The topological polar surface area (TPSA) is 38.3 Å². The molecule has 80 valence electrons. The van der Waals surface area contributed by atoms with Crippen LogP contribution in [0.3, 0.4) is 0 Å². The Labute approximate surface area is 93.4 Å². The summed E-state index contributed by atoms with van der Waals surface area (Å²) < 4.78 is 5.55. The SMILES string of the molecule is O=CNc1ccc(OCC2CC2)c(Cl)c1. The molecular formula is C11H12ClNO2. The molecule has 0 unspecified atom stereocenters. The number of ether oxygens (including phenoxy) is 1. The molecule has 0 radical (unpaired) electrons. The van der Waals surface area contributed by atoms with E-state index < -0.39 is 0 Å². The summed E-state index contributed by atoms with van der Waals surface area (Å²) in [6.45, 7) is 0.736. The van der Waals surface area contributed by atoms with Crippen molar-refractivity contribution in [3.63, 3.8) is 0 Å². The molecule has 0 aromatic heterocycles. The highest BCUT2D eigenvalue weighted by atomic mass is 35.5. The first-order chi connectivity index (χ1) is 7.29. The lowest BCUT2D eigenvalue weighted by atomic mass is 10.3. The second-order valence-corrected chi connectivity index (χ2v) is 4.07. The van der Waals surface area contributed by atoms with Crippen LogP contribution >= 0.6 is 11.6 Å². The van der Waals surface area contributed by atoms with Crippen molar-refractivity contribution in [3.05, 3.63) is 23.2 Å². The number of carbonyl (C=O) groups is 1. The smallest absolute Gasteiger partial charge is 0.211 e. The van der Waals surface area contributed by atoms with E-state index in [-0.39, 0.29) is 0 Å². The molecule has 1 amide bonds. The number of carbonyl (C=O) groups excluding carboxylic acids is 1. The Morgan fingerprint density at radius 3 is 2.93 bits per heavy atom. The number of rotatable bonds is 5. The molecule has 1 aliphatic rings. The molecule has 4 heteroatoms. The Bertz CT molecular complexity index is 364. The zero-order valence-corrected chi connectivity index (χ0v) is 8.96. The first kappa shape index (κ1) is 10.3. The molecule has 1 saturated carbocycles. The van der Waals surface area contributed by atoms with Gasteiger partial charge in [0.25, 0.3) is 0 Å². The fraction of sp³-hybridized carbons (Fsp3) is 0.364. The summed E-state index contributed by atoms with van der Waals surface area (Å²) in [7, 11) is 0. The van der Waals surface area contributed by atoms with Crippen molar-refractivity contribution in [1.29, 1.82) is 0 Å². The third-order valence-electron chi connectivity index (χ3n) is 2.33. The molecule has 0 atom stereocenters. The highest BCUT2D eigenvalue weighted by Crippen LogP contribution is 2.32. The first-order valence-electron chi connectivity index (χ1n) is 4.92. The fourth-order valence-corrected chi connectivity index (χ4v) is 1.50. The highest BCUT2D eigenvalue weighted by molar-refractivity contribution is 6.32. The maximum Gasteiger partial charge on any atom is 0.211 e. The van der Waals surface area contributed by atoms with Crippen molar-refractivity contribution in [2.75, 3.05) is 11.9 Å². The van der Waals surface area contributed by atoms with Gasteiger partial charge in [0.05, 0.1) is 11.6 Å². The van der Waals surface area contributed by atoms with Gasteiger partial charge in [-0.25, -0.2) is 0 Å². The van der Waals surface area contributed by atoms with Crippen LogP contribution in [0.25, 0.3) is 0 Å². The molecule has 1 aromatic rings. The number of nitrogens with one attached hydrogen (secondary N) is 1. The maximum atomic E-state index is 10.2. The first-order valence-corrected chi connectivity index (χ1v) is 5.30. The van der Waals surface area contributed by atoms with Crippen LogP contribution < -0.4 is 10.1 Å². The average Bonchev–Trinajstić information content (AvgIpc) is 3.01. The normalized spacial score (nSPS) is 14.7. The monoisotopic (exact) mass is 225 g/mol. The van der Waals surface area contributed by atoms with E-state index in [1.54, 1.807) is 18.2 Å². The number of amides is 1. The van der Waals surface area contributed by atoms with E-state index in [1.807, 2.05) is 0 Å². The summed E-state index contributed by atoms with van der Waals surface area (Å²) >= 11 is 5.99. The van der Waals surface area contributed by atoms with E-state index in [9.17, 15) is 4.79 Å². The molecule has 0 spiro atoms. The van der Waals surface area contributed by atoms with Crippen LogP contribution in [0.4, 0.5) is 5.69 Å². The van der Waals surface area contributed by atoms with Gasteiger partial charge >= 0.3 is 0 Å². The number of hydrogen-bond donors (Lipinski definition) is 1. The third-order valence-corrected chi connectivity index (χ3v) is 2.62. The van der Waals surface area contributed by atoms with Crippen LogP contribution in [0.1, 0.15) is 12.8 Å².